The van der Waals surface area contributed by atoms with Gasteiger partial charge in [0.2, 0.25) is 5.91 Å². The highest BCUT2D eigenvalue weighted by molar-refractivity contribution is 5.97. The Labute approximate surface area is 190 Å². The fraction of sp³-hybridized carbons (Fsp3) is 0.444. The van der Waals surface area contributed by atoms with E-state index < -0.39 is 0 Å². The summed E-state index contributed by atoms with van der Waals surface area (Å²) in [4.78, 5) is 17.2. The molecule has 0 radical (unpaired) electrons. The van der Waals surface area contributed by atoms with Crippen LogP contribution >= 0.6 is 0 Å². The zero-order valence-electron chi connectivity index (χ0n) is 19.7. The second-order valence-electron chi connectivity index (χ2n) is 8.64. The van der Waals surface area contributed by atoms with Gasteiger partial charge in [-0.05, 0) is 57.9 Å². The first-order chi connectivity index (χ1) is 15.5. The van der Waals surface area contributed by atoms with Gasteiger partial charge >= 0.3 is 0 Å². The number of hydrogen-bond donors (Lipinski definition) is 0. The molecule has 2 heterocycles. The minimum Gasteiger partial charge on any atom is -0.496 e. The van der Waals surface area contributed by atoms with Crippen LogP contribution in [-0.2, 0) is 11.3 Å². The van der Waals surface area contributed by atoms with Crippen molar-refractivity contribution in [3.8, 4) is 16.9 Å². The van der Waals surface area contributed by atoms with Crippen molar-refractivity contribution in [1.82, 2.24) is 9.80 Å². The number of likely N-dealkylation sites (tertiary alicyclic amines) is 1. The topological polar surface area (TPSA) is 45.9 Å². The average Bonchev–Trinajstić information content (AvgIpc) is 3.14. The molecule has 0 unspecified atom stereocenters. The lowest BCUT2D eigenvalue weighted by Crippen LogP contribution is -2.44. The smallest absolute Gasteiger partial charge is 0.226 e. The summed E-state index contributed by atoms with van der Waals surface area (Å²) in [5, 5.41) is 1.07. The minimum atomic E-state index is 0.0777. The molecule has 0 N–H and O–H groups in total. The Morgan fingerprint density at radius 3 is 2.62 bits per heavy atom. The maximum atomic E-state index is 12.9. The summed E-state index contributed by atoms with van der Waals surface area (Å²) in [6, 6.07) is 14.6. The first kappa shape index (κ1) is 22.4. The summed E-state index contributed by atoms with van der Waals surface area (Å²) in [7, 11) is 1.72. The number of ether oxygens (including phenoxy) is 1. The molecule has 2 aromatic carbocycles. The van der Waals surface area contributed by atoms with Crippen LogP contribution in [0.5, 0.6) is 5.75 Å². The van der Waals surface area contributed by atoms with Gasteiger partial charge in [0.15, 0.2) is 0 Å². The molecule has 1 aliphatic rings. The molecule has 1 aliphatic heterocycles. The van der Waals surface area contributed by atoms with Crippen LogP contribution in [0.15, 0.2) is 46.9 Å². The standard InChI is InChI=1S/C27H34N2O3/c1-5-29(6-2)27(30)21-13-10-14-28(17-21)18-22-15-25-23(16-24(22)31-4)26(19(3)32-25)20-11-8-7-9-12-20/h7-9,11-12,15-16,21H,5-6,10,13-14,17-18H2,1-4H3/t21-/m1/s1. The third kappa shape index (κ3) is 4.40. The SMILES string of the molecule is CCN(CC)C(=O)[C@@H]1CCCN(Cc2cc3oc(C)c(-c4ccccc4)c3cc2OC)C1. The summed E-state index contributed by atoms with van der Waals surface area (Å²) < 4.78 is 12.0. The number of rotatable bonds is 7. The van der Waals surface area contributed by atoms with Gasteiger partial charge in [-0.25, -0.2) is 0 Å². The molecule has 32 heavy (non-hydrogen) atoms. The first-order valence-corrected chi connectivity index (χ1v) is 11.7. The van der Waals surface area contributed by atoms with Gasteiger partial charge in [-0.2, -0.15) is 0 Å². The molecule has 1 amide bonds. The van der Waals surface area contributed by atoms with Crippen LogP contribution in [0.25, 0.3) is 22.1 Å². The molecule has 1 atom stereocenters. The Balaban J connectivity index is 1.60. The molecule has 5 nitrogen and oxygen atoms in total. The van der Waals surface area contributed by atoms with Gasteiger partial charge in [0.05, 0.1) is 13.0 Å². The number of piperidine rings is 1. The van der Waals surface area contributed by atoms with Crippen LogP contribution in [0.4, 0.5) is 0 Å². The average molecular weight is 435 g/mol. The van der Waals surface area contributed by atoms with Crippen LogP contribution in [0.3, 0.4) is 0 Å². The number of hydrogen-bond acceptors (Lipinski definition) is 4. The minimum absolute atomic E-state index is 0.0777. The van der Waals surface area contributed by atoms with Crippen LogP contribution in [0, 0.1) is 12.8 Å². The molecule has 0 aliphatic carbocycles. The summed E-state index contributed by atoms with van der Waals surface area (Å²) in [5.41, 5.74) is 4.25. The van der Waals surface area contributed by atoms with Crippen LogP contribution < -0.4 is 4.74 Å². The van der Waals surface area contributed by atoms with E-state index in [-0.39, 0.29) is 11.8 Å². The third-order valence-corrected chi connectivity index (χ3v) is 6.65. The van der Waals surface area contributed by atoms with E-state index in [1.807, 2.05) is 30.0 Å². The molecule has 0 bridgehead atoms. The number of nitrogens with zero attached hydrogens (tertiary/aromatic N) is 2. The molecule has 5 heteroatoms. The maximum Gasteiger partial charge on any atom is 0.226 e. The van der Waals surface area contributed by atoms with E-state index >= 15 is 0 Å². The van der Waals surface area contributed by atoms with Gasteiger partial charge in [0.25, 0.3) is 0 Å². The van der Waals surface area contributed by atoms with Crippen LogP contribution in [0.2, 0.25) is 0 Å². The van der Waals surface area contributed by atoms with Crippen molar-refractivity contribution in [3.63, 3.8) is 0 Å². The first-order valence-electron chi connectivity index (χ1n) is 11.7. The summed E-state index contributed by atoms with van der Waals surface area (Å²) in [6.45, 7) is 10.2. The van der Waals surface area contributed by atoms with Crippen molar-refractivity contribution in [2.75, 3.05) is 33.3 Å². The molecular weight excluding hydrogens is 400 g/mol. The lowest BCUT2D eigenvalue weighted by atomic mass is 9.95. The molecule has 1 aromatic heterocycles. The zero-order chi connectivity index (χ0) is 22.7. The highest BCUT2D eigenvalue weighted by Crippen LogP contribution is 2.38. The lowest BCUT2D eigenvalue weighted by molar-refractivity contribution is -0.137. The van der Waals surface area contributed by atoms with Crippen molar-refractivity contribution < 1.29 is 13.9 Å². The molecule has 0 spiro atoms. The molecular formula is C27H34N2O3. The Bertz CT molecular complexity index is 1070. The van der Waals surface area contributed by atoms with Crippen molar-refractivity contribution >= 4 is 16.9 Å². The van der Waals surface area contributed by atoms with Crippen molar-refractivity contribution in [3.05, 3.63) is 53.8 Å². The van der Waals surface area contributed by atoms with E-state index in [4.69, 9.17) is 9.15 Å². The lowest BCUT2D eigenvalue weighted by Gasteiger charge is -2.34. The predicted molar refractivity (Wildman–Crippen MR) is 129 cm³/mol. The van der Waals surface area contributed by atoms with Gasteiger partial charge in [0, 0.05) is 42.7 Å². The van der Waals surface area contributed by atoms with E-state index in [0.717, 1.165) is 84.7 Å². The van der Waals surface area contributed by atoms with E-state index in [1.54, 1.807) is 7.11 Å². The fourth-order valence-electron chi connectivity index (χ4n) is 5.00. The second kappa shape index (κ2) is 9.78. The highest BCUT2D eigenvalue weighted by Gasteiger charge is 2.29. The summed E-state index contributed by atoms with van der Waals surface area (Å²) in [5.74, 6) is 2.14. The van der Waals surface area contributed by atoms with Gasteiger partial charge in [-0.15, -0.1) is 0 Å². The molecule has 4 rings (SSSR count). The number of amides is 1. The third-order valence-electron chi connectivity index (χ3n) is 6.65. The zero-order valence-corrected chi connectivity index (χ0v) is 19.7. The summed E-state index contributed by atoms with van der Waals surface area (Å²) >= 11 is 0. The molecule has 170 valence electrons. The van der Waals surface area contributed by atoms with Crippen LogP contribution in [0.1, 0.15) is 38.0 Å². The normalized spacial score (nSPS) is 16.9. The maximum absolute atomic E-state index is 12.9. The fourth-order valence-corrected chi connectivity index (χ4v) is 5.00. The van der Waals surface area contributed by atoms with Crippen molar-refractivity contribution in [2.24, 2.45) is 5.92 Å². The monoisotopic (exact) mass is 434 g/mol. The second-order valence-corrected chi connectivity index (χ2v) is 8.64. The number of carbonyl (C=O) groups is 1. The Morgan fingerprint density at radius 1 is 1.19 bits per heavy atom. The number of aryl methyl sites for hydroxylation is 1. The van der Waals surface area contributed by atoms with Crippen molar-refractivity contribution in [2.45, 2.75) is 40.2 Å². The van der Waals surface area contributed by atoms with Gasteiger partial charge in [0.1, 0.15) is 17.1 Å². The summed E-state index contributed by atoms with van der Waals surface area (Å²) in [6.07, 6.45) is 2.01. The van der Waals surface area contributed by atoms with E-state index in [2.05, 4.69) is 43.0 Å². The molecule has 3 aromatic rings. The molecule has 1 fully saturated rings. The van der Waals surface area contributed by atoms with E-state index in [9.17, 15) is 4.79 Å². The van der Waals surface area contributed by atoms with E-state index in [0.29, 0.717) is 0 Å². The highest BCUT2D eigenvalue weighted by atomic mass is 16.5. The predicted octanol–water partition coefficient (Wildman–Crippen LogP) is 5.50. The van der Waals surface area contributed by atoms with Crippen LogP contribution in [-0.4, -0.2) is 49.0 Å². The van der Waals surface area contributed by atoms with E-state index in [1.165, 1.54) is 0 Å². The Morgan fingerprint density at radius 2 is 1.94 bits per heavy atom. The number of methoxy groups -OCH3 is 1. The van der Waals surface area contributed by atoms with Gasteiger partial charge in [-0.3, -0.25) is 9.69 Å². The van der Waals surface area contributed by atoms with Gasteiger partial charge < -0.3 is 14.1 Å². The Kier molecular flexibility index (Phi) is 6.85. The van der Waals surface area contributed by atoms with Gasteiger partial charge in [-0.1, -0.05) is 30.3 Å². The largest absolute Gasteiger partial charge is 0.496 e. The number of benzene rings is 2. The number of fused-ring (bicyclic) bond motifs is 1. The van der Waals surface area contributed by atoms with Crippen molar-refractivity contribution in [1.29, 1.82) is 0 Å². The Hall–Kier alpha value is -2.79. The number of carbonyl (C=O) groups excluding carboxylic acids is 1. The number of furan rings is 1. The molecule has 0 saturated carbocycles. The molecule has 1 saturated heterocycles. The quantitative estimate of drug-likeness (QED) is 0.493.